The number of pyridine rings is 1. The van der Waals surface area contributed by atoms with Gasteiger partial charge in [-0.15, -0.1) is 21.5 Å². The fraction of sp³-hybridized carbons (Fsp3) is 0.294. The second-order valence-corrected chi connectivity index (χ2v) is 6.52. The maximum atomic E-state index is 4.86. The van der Waals surface area contributed by atoms with E-state index in [0.717, 1.165) is 35.0 Å². The second kappa shape index (κ2) is 6.42. The van der Waals surface area contributed by atoms with Gasteiger partial charge in [0.25, 0.3) is 0 Å². The Bertz CT molecular complexity index is 767. The molecule has 116 valence electrons. The summed E-state index contributed by atoms with van der Waals surface area (Å²) in [5.74, 6) is 1.65. The van der Waals surface area contributed by atoms with Crippen molar-refractivity contribution in [3.63, 3.8) is 0 Å². The molecular formula is C17H17N5S. The molecule has 23 heavy (non-hydrogen) atoms. The predicted molar refractivity (Wildman–Crippen MR) is 92.4 cm³/mol. The van der Waals surface area contributed by atoms with Gasteiger partial charge in [-0.3, -0.25) is 4.98 Å². The summed E-state index contributed by atoms with van der Waals surface area (Å²) in [7, 11) is 0. The Hall–Kier alpha value is -2.34. The van der Waals surface area contributed by atoms with Crippen molar-refractivity contribution in [2.45, 2.75) is 19.3 Å². The molecule has 1 saturated heterocycles. The van der Waals surface area contributed by atoms with Gasteiger partial charge in [0, 0.05) is 31.0 Å². The molecule has 1 fully saturated rings. The molecule has 6 heteroatoms. The van der Waals surface area contributed by atoms with Crippen molar-refractivity contribution in [3.05, 3.63) is 42.0 Å². The third-order valence-electron chi connectivity index (χ3n) is 4.02. The van der Waals surface area contributed by atoms with E-state index in [9.17, 15) is 0 Å². The quantitative estimate of drug-likeness (QED) is 0.736. The second-order valence-electron chi connectivity index (χ2n) is 5.57. The summed E-state index contributed by atoms with van der Waals surface area (Å²) < 4.78 is 0. The summed E-state index contributed by atoms with van der Waals surface area (Å²) in [5.41, 5.74) is 1.85. The zero-order chi connectivity index (χ0) is 15.5. The van der Waals surface area contributed by atoms with E-state index in [4.69, 9.17) is 4.98 Å². The minimum absolute atomic E-state index is 0.707. The summed E-state index contributed by atoms with van der Waals surface area (Å²) in [5, 5.41) is 10.9. The molecule has 4 rings (SSSR count). The highest BCUT2D eigenvalue weighted by atomic mass is 32.1. The molecule has 0 atom stereocenters. The van der Waals surface area contributed by atoms with Crippen LogP contribution in [0.2, 0.25) is 0 Å². The SMILES string of the molecule is c1csc(-c2nnc(-c3ccncc3)c(N3CCCCC3)n2)c1. The van der Waals surface area contributed by atoms with Crippen LogP contribution in [-0.2, 0) is 0 Å². The number of aromatic nitrogens is 4. The molecule has 0 amide bonds. The topological polar surface area (TPSA) is 54.8 Å². The Balaban J connectivity index is 1.81. The van der Waals surface area contributed by atoms with Gasteiger partial charge in [-0.05, 0) is 42.8 Å². The Morgan fingerprint density at radius 2 is 1.78 bits per heavy atom. The van der Waals surface area contributed by atoms with Crippen LogP contribution in [0.15, 0.2) is 42.0 Å². The fourth-order valence-electron chi connectivity index (χ4n) is 2.85. The molecule has 3 aromatic heterocycles. The number of anilines is 1. The van der Waals surface area contributed by atoms with E-state index >= 15 is 0 Å². The highest BCUT2D eigenvalue weighted by Gasteiger charge is 2.20. The van der Waals surface area contributed by atoms with Crippen molar-refractivity contribution in [3.8, 4) is 22.0 Å². The number of piperidine rings is 1. The molecule has 4 heterocycles. The maximum absolute atomic E-state index is 4.86. The fourth-order valence-corrected chi connectivity index (χ4v) is 3.50. The van der Waals surface area contributed by atoms with Crippen LogP contribution in [0.3, 0.4) is 0 Å². The lowest BCUT2D eigenvalue weighted by Gasteiger charge is -2.29. The van der Waals surface area contributed by atoms with Gasteiger partial charge in [-0.1, -0.05) is 6.07 Å². The maximum Gasteiger partial charge on any atom is 0.193 e. The highest BCUT2D eigenvalue weighted by Crippen LogP contribution is 2.31. The largest absolute Gasteiger partial charge is 0.355 e. The minimum Gasteiger partial charge on any atom is -0.355 e. The van der Waals surface area contributed by atoms with Crippen LogP contribution >= 0.6 is 11.3 Å². The summed E-state index contributed by atoms with van der Waals surface area (Å²) in [6, 6.07) is 7.97. The Morgan fingerprint density at radius 1 is 0.957 bits per heavy atom. The van der Waals surface area contributed by atoms with Gasteiger partial charge in [-0.2, -0.15) is 0 Å². The molecule has 0 aliphatic carbocycles. The first-order valence-electron chi connectivity index (χ1n) is 7.86. The van der Waals surface area contributed by atoms with Gasteiger partial charge in [0.15, 0.2) is 11.6 Å². The van der Waals surface area contributed by atoms with E-state index in [1.165, 1.54) is 19.3 Å². The average molecular weight is 323 g/mol. The summed E-state index contributed by atoms with van der Waals surface area (Å²) in [6.07, 6.45) is 7.26. The monoisotopic (exact) mass is 323 g/mol. The van der Waals surface area contributed by atoms with Gasteiger partial charge >= 0.3 is 0 Å². The first-order chi connectivity index (χ1) is 11.4. The van der Waals surface area contributed by atoms with Crippen molar-refractivity contribution in [2.24, 2.45) is 0 Å². The molecule has 0 radical (unpaired) electrons. The molecule has 1 aliphatic heterocycles. The van der Waals surface area contributed by atoms with Crippen molar-refractivity contribution in [1.82, 2.24) is 20.2 Å². The van der Waals surface area contributed by atoms with E-state index in [0.29, 0.717) is 5.82 Å². The van der Waals surface area contributed by atoms with E-state index in [-0.39, 0.29) is 0 Å². The molecule has 0 spiro atoms. The van der Waals surface area contributed by atoms with Crippen LogP contribution in [0, 0.1) is 0 Å². The van der Waals surface area contributed by atoms with Crippen LogP contribution in [0.5, 0.6) is 0 Å². The van der Waals surface area contributed by atoms with Gasteiger partial charge < -0.3 is 4.90 Å². The van der Waals surface area contributed by atoms with Crippen molar-refractivity contribution >= 4 is 17.2 Å². The first kappa shape index (κ1) is 14.3. The van der Waals surface area contributed by atoms with E-state index in [1.807, 2.05) is 29.6 Å². The standard InChI is InChI=1S/C17H17N5S/c1-2-10-22(11-3-1)17-15(13-6-8-18-9-7-13)20-21-16(19-17)14-5-4-12-23-14/h4-9,12H,1-3,10-11H2. The van der Waals surface area contributed by atoms with Crippen LogP contribution in [0.4, 0.5) is 5.82 Å². The molecule has 0 saturated carbocycles. The van der Waals surface area contributed by atoms with Crippen molar-refractivity contribution < 1.29 is 0 Å². The number of rotatable bonds is 3. The normalized spacial score (nSPS) is 14.9. The minimum atomic E-state index is 0.707. The molecule has 0 bridgehead atoms. The molecule has 3 aromatic rings. The third kappa shape index (κ3) is 2.94. The van der Waals surface area contributed by atoms with E-state index in [2.05, 4.69) is 20.1 Å². The van der Waals surface area contributed by atoms with Crippen LogP contribution in [0.1, 0.15) is 19.3 Å². The van der Waals surface area contributed by atoms with Gasteiger partial charge in [0.2, 0.25) is 0 Å². The number of nitrogens with zero attached hydrogens (tertiary/aromatic N) is 5. The van der Waals surface area contributed by atoms with Gasteiger partial charge in [0.1, 0.15) is 5.69 Å². The lowest BCUT2D eigenvalue weighted by molar-refractivity contribution is 0.572. The average Bonchev–Trinajstić information content (AvgIpc) is 3.17. The number of thiophene rings is 1. The highest BCUT2D eigenvalue weighted by molar-refractivity contribution is 7.13. The summed E-state index contributed by atoms with van der Waals surface area (Å²) in [6.45, 7) is 2.06. The van der Waals surface area contributed by atoms with E-state index in [1.54, 1.807) is 23.7 Å². The number of hydrogen-bond donors (Lipinski definition) is 0. The molecule has 0 N–H and O–H groups in total. The lowest BCUT2D eigenvalue weighted by Crippen LogP contribution is -2.31. The molecular weight excluding hydrogens is 306 g/mol. The van der Waals surface area contributed by atoms with Crippen LogP contribution in [0.25, 0.3) is 22.0 Å². The van der Waals surface area contributed by atoms with E-state index < -0.39 is 0 Å². The zero-order valence-corrected chi connectivity index (χ0v) is 13.5. The van der Waals surface area contributed by atoms with Crippen LogP contribution < -0.4 is 4.90 Å². The van der Waals surface area contributed by atoms with Gasteiger partial charge in [0.05, 0.1) is 4.88 Å². The van der Waals surface area contributed by atoms with Crippen LogP contribution in [-0.4, -0.2) is 33.3 Å². The Kier molecular flexibility index (Phi) is 3.98. The van der Waals surface area contributed by atoms with Crippen molar-refractivity contribution in [1.29, 1.82) is 0 Å². The van der Waals surface area contributed by atoms with Gasteiger partial charge in [-0.25, -0.2) is 4.98 Å². The zero-order valence-electron chi connectivity index (χ0n) is 12.7. The smallest absolute Gasteiger partial charge is 0.193 e. The molecule has 0 unspecified atom stereocenters. The summed E-state index contributed by atoms with van der Waals surface area (Å²) in [4.78, 5) is 12.3. The molecule has 1 aliphatic rings. The predicted octanol–water partition coefficient (Wildman–Crippen LogP) is 3.65. The Labute approximate surface area is 139 Å². The third-order valence-corrected chi connectivity index (χ3v) is 4.89. The Morgan fingerprint density at radius 3 is 2.52 bits per heavy atom. The molecule has 5 nitrogen and oxygen atoms in total. The van der Waals surface area contributed by atoms with Crippen molar-refractivity contribution in [2.75, 3.05) is 18.0 Å². The summed E-state index contributed by atoms with van der Waals surface area (Å²) >= 11 is 1.64. The lowest BCUT2D eigenvalue weighted by atomic mass is 10.1. The molecule has 0 aromatic carbocycles. The first-order valence-corrected chi connectivity index (χ1v) is 8.74. The number of hydrogen-bond acceptors (Lipinski definition) is 6.